The van der Waals surface area contributed by atoms with Crippen LogP contribution in [-0.2, 0) is 0 Å². The number of nitrogens with one attached hydrogen (secondary N) is 1. The molecule has 0 saturated heterocycles. The third-order valence-corrected chi connectivity index (χ3v) is 2.50. The van der Waals surface area contributed by atoms with Crippen LogP contribution in [0, 0.1) is 40.4 Å². The molecule has 0 bridgehead atoms. The van der Waals surface area contributed by atoms with E-state index in [9.17, 15) is 22.0 Å². The monoisotopic (exact) mass is 300 g/mol. The van der Waals surface area contributed by atoms with Crippen molar-refractivity contribution in [3.05, 3.63) is 46.9 Å². The predicted molar refractivity (Wildman–Crippen MR) is 62.9 cm³/mol. The van der Waals surface area contributed by atoms with Crippen molar-refractivity contribution < 1.29 is 22.0 Å². The SMILES string of the molecule is N#Cc1cnc(Nc2c(F)c(F)c(F)c(F)c2F)c(N)c1. The molecule has 2 aromatic rings. The first kappa shape index (κ1) is 14.5. The second kappa shape index (κ2) is 5.24. The molecule has 108 valence electrons. The zero-order valence-electron chi connectivity index (χ0n) is 10.0. The standard InChI is InChI=1S/C12H5F5N4/c13-6-7(14)9(16)11(10(17)8(6)15)21-12-5(19)1-4(2-18)3-20-12/h1,3H,19H2,(H,20,21). The van der Waals surface area contributed by atoms with Gasteiger partial charge in [-0.2, -0.15) is 5.26 Å². The zero-order valence-corrected chi connectivity index (χ0v) is 10.0. The first-order chi connectivity index (χ1) is 9.86. The van der Waals surface area contributed by atoms with Crippen molar-refractivity contribution in [2.45, 2.75) is 0 Å². The van der Waals surface area contributed by atoms with Gasteiger partial charge in [0.15, 0.2) is 29.1 Å². The smallest absolute Gasteiger partial charge is 0.200 e. The van der Waals surface area contributed by atoms with Gasteiger partial charge < -0.3 is 11.1 Å². The minimum absolute atomic E-state index is 0.0652. The molecular weight excluding hydrogens is 295 g/mol. The van der Waals surface area contributed by atoms with Gasteiger partial charge in [-0.3, -0.25) is 0 Å². The lowest BCUT2D eigenvalue weighted by Crippen LogP contribution is -2.08. The van der Waals surface area contributed by atoms with Gasteiger partial charge in [0, 0.05) is 6.20 Å². The van der Waals surface area contributed by atoms with E-state index in [-0.39, 0.29) is 17.1 Å². The third kappa shape index (κ3) is 2.43. The Hall–Kier alpha value is -2.89. The average molecular weight is 300 g/mol. The maximum absolute atomic E-state index is 13.5. The summed E-state index contributed by atoms with van der Waals surface area (Å²) in [5.74, 6) is -10.9. The van der Waals surface area contributed by atoms with E-state index < -0.39 is 34.8 Å². The summed E-state index contributed by atoms with van der Waals surface area (Å²) in [5, 5.41) is 10.5. The van der Waals surface area contributed by atoms with Crippen LogP contribution in [0.1, 0.15) is 5.56 Å². The minimum Gasteiger partial charge on any atom is -0.396 e. The van der Waals surface area contributed by atoms with E-state index in [2.05, 4.69) is 4.98 Å². The highest BCUT2D eigenvalue weighted by atomic mass is 19.2. The number of aromatic nitrogens is 1. The molecule has 1 aromatic heterocycles. The normalized spacial score (nSPS) is 10.3. The lowest BCUT2D eigenvalue weighted by atomic mass is 10.2. The summed E-state index contributed by atoms with van der Waals surface area (Å²) < 4.78 is 65.9. The molecular formula is C12H5F5N4. The fraction of sp³-hybridized carbons (Fsp3) is 0. The first-order valence-electron chi connectivity index (χ1n) is 5.31. The number of nitrogens with two attached hydrogens (primary N) is 1. The Labute approximate surface area is 114 Å². The van der Waals surface area contributed by atoms with Crippen LogP contribution in [0.2, 0.25) is 0 Å². The van der Waals surface area contributed by atoms with Gasteiger partial charge in [0.2, 0.25) is 5.82 Å². The molecule has 0 amide bonds. The molecule has 0 fully saturated rings. The Bertz CT molecular complexity index is 740. The number of benzene rings is 1. The van der Waals surface area contributed by atoms with Gasteiger partial charge in [0.05, 0.1) is 11.3 Å². The van der Waals surface area contributed by atoms with Crippen LogP contribution < -0.4 is 11.1 Å². The Kier molecular flexibility index (Phi) is 3.62. The molecule has 0 aliphatic heterocycles. The Balaban J connectivity index is 2.53. The van der Waals surface area contributed by atoms with Crippen LogP contribution in [0.5, 0.6) is 0 Å². The van der Waals surface area contributed by atoms with E-state index in [1.54, 1.807) is 6.07 Å². The van der Waals surface area contributed by atoms with E-state index in [4.69, 9.17) is 11.0 Å². The van der Waals surface area contributed by atoms with Crippen molar-refractivity contribution in [3.8, 4) is 6.07 Å². The number of halogens is 5. The van der Waals surface area contributed by atoms with E-state index >= 15 is 0 Å². The van der Waals surface area contributed by atoms with Crippen molar-refractivity contribution >= 4 is 17.2 Å². The van der Waals surface area contributed by atoms with Crippen LogP contribution in [0.15, 0.2) is 12.3 Å². The Morgan fingerprint density at radius 1 is 1.00 bits per heavy atom. The molecule has 21 heavy (non-hydrogen) atoms. The quantitative estimate of drug-likeness (QED) is 0.508. The van der Waals surface area contributed by atoms with Gasteiger partial charge in [-0.05, 0) is 6.07 Å². The molecule has 1 heterocycles. The lowest BCUT2D eigenvalue weighted by molar-refractivity contribution is 0.382. The van der Waals surface area contributed by atoms with Crippen molar-refractivity contribution in [3.63, 3.8) is 0 Å². The van der Waals surface area contributed by atoms with Gasteiger partial charge in [0.25, 0.3) is 0 Å². The summed E-state index contributed by atoms with van der Waals surface area (Å²) in [6, 6.07) is 2.85. The second-order valence-corrected chi connectivity index (χ2v) is 3.84. The molecule has 1 aromatic carbocycles. The number of pyridine rings is 1. The fourth-order valence-electron chi connectivity index (χ4n) is 1.48. The summed E-state index contributed by atoms with van der Waals surface area (Å²) in [7, 11) is 0. The van der Waals surface area contributed by atoms with Crippen LogP contribution in [0.4, 0.5) is 39.1 Å². The summed E-state index contributed by atoms with van der Waals surface area (Å²) in [4.78, 5) is 3.58. The number of nitrogen functional groups attached to an aromatic ring is 1. The van der Waals surface area contributed by atoms with E-state index in [0.717, 1.165) is 12.3 Å². The molecule has 0 aliphatic carbocycles. The van der Waals surface area contributed by atoms with Crippen LogP contribution in [0.3, 0.4) is 0 Å². The van der Waals surface area contributed by atoms with Crippen LogP contribution in [-0.4, -0.2) is 4.98 Å². The number of nitrogens with zero attached hydrogens (tertiary/aromatic N) is 2. The molecule has 4 nitrogen and oxygen atoms in total. The second-order valence-electron chi connectivity index (χ2n) is 3.84. The highest BCUT2D eigenvalue weighted by molar-refractivity contribution is 5.70. The van der Waals surface area contributed by atoms with Gasteiger partial charge in [-0.25, -0.2) is 26.9 Å². The molecule has 0 radical (unpaired) electrons. The van der Waals surface area contributed by atoms with Gasteiger partial charge in [-0.15, -0.1) is 0 Å². The number of hydrogen-bond acceptors (Lipinski definition) is 4. The van der Waals surface area contributed by atoms with Gasteiger partial charge in [-0.1, -0.05) is 0 Å². The molecule has 0 aliphatic rings. The Morgan fingerprint density at radius 2 is 1.52 bits per heavy atom. The molecule has 2 rings (SSSR count). The van der Waals surface area contributed by atoms with Crippen molar-refractivity contribution in [2.24, 2.45) is 0 Å². The van der Waals surface area contributed by atoms with Crippen molar-refractivity contribution in [1.29, 1.82) is 5.26 Å². The number of rotatable bonds is 2. The zero-order chi connectivity index (χ0) is 15.7. The summed E-state index contributed by atoms with van der Waals surface area (Å²) in [5.41, 5.74) is 4.06. The summed E-state index contributed by atoms with van der Waals surface area (Å²) >= 11 is 0. The van der Waals surface area contributed by atoms with Crippen molar-refractivity contribution in [1.82, 2.24) is 4.98 Å². The maximum Gasteiger partial charge on any atom is 0.200 e. The van der Waals surface area contributed by atoms with E-state index in [1.807, 2.05) is 5.32 Å². The summed E-state index contributed by atoms with van der Waals surface area (Å²) in [6.07, 6.45) is 1.02. The summed E-state index contributed by atoms with van der Waals surface area (Å²) in [6.45, 7) is 0. The Morgan fingerprint density at radius 3 is 2.00 bits per heavy atom. The van der Waals surface area contributed by atoms with Gasteiger partial charge in [0.1, 0.15) is 11.8 Å². The lowest BCUT2D eigenvalue weighted by Gasteiger charge is -2.11. The molecule has 9 heteroatoms. The number of hydrogen-bond donors (Lipinski definition) is 2. The third-order valence-electron chi connectivity index (χ3n) is 2.50. The molecule has 3 N–H and O–H groups in total. The molecule has 0 atom stereocenters. The molecule has 0 saturated carbocycles. The highest BCUT2D eigenvalue weighted by Gasteiger charge is 2.26. The van der Waals surface area contributed by atoms with Crippen molar-refractivity contribution in [2.75, 3.05) is 11.1 Å². The van der Waals surface area contributed by atoms with E-state index in [0.29, 0.717) is 0 Å². The van der Waals surface area contributed by atoms with Gasteiger partial charge >= 0.3 is 0 Å². The predicted octanol–water partition coefficient (Wildman–Crippen LogP) is 2.97. The minimum atomic E-state index is -2.27. The fourth-order valence-corrected chi connectivity index (χ4v) is 1.48. The molecule has 0 unspecified atom stereocenters. The molecule has 0 spiro atoms. The number of nitriles is 1. The van der Waals surface area contributed by atoms with Crippen LogP contribution in [0.25, 0.3) is 0 Å². The van der Waals surface area contributed by atoms with Crippen LogP contribution >= 0.6 is 0 Å². The van der Waals surface area contributed by atoms with E-state index in [1.165, 1.54) is 0 Å². The average Bonchev–Trinajstić information content (AvgIpc) is 2.48. The largest absolute Gasteiger partial charge is 0.396 e. The topological polar surface area (TPSA) is 74.7 Å². The maximum atomic E-state index is 13.5. The first-order valence-corrected chi connectivity index (χ1v) is 5.31. The number of anilines is 3. The highest BCUT2D eigenvalue weighted by Crippen LogP contribution is 2.30.